The van der Waals surface area contributed by atoms with Crippen molar-refractivity contribution in [3.63, 3.8) is 0 Å². The molecular weight excluding hydrogens is 192 g/mol. The van der Waals surface area contributed by atoms with Crippen molar-refractivity contribution in [1.29, 1.82) is 0 Å². The molecule has 1 aliphatic heterocycles. The maximum atomic E-state index is 9.62. The molecule has 13 heavy (non-hydrogen) atoms. The minimum absolute atomic E-state index is 0.167. The van der Waals surface area contributed by atoms with Gasteiger partial charge in [0, 0.05) is 26.2 Å². The van der Waals surface area contributed by atoms with Crippen LogP contribution in [-0.4, -0.2) is 45.7 Å². The van der Waals surface area contributed by atoms with Gasteiger partial charge in [-0.05, 0) is 13.8 Å². The predicted octanol–water partition coefficient (Wildman–Crippen LogP) is 0.897. The van der Waals surface area contributed by atoms with Gasteiger partial charge in [0.05, 0.1) is 6.10 Å². The Kier molecular flexibility index (Phi) is 3.96. The minimum Gasteiger partial charge on any atom is -0.314 e. The topological polar surface area (TPSA) is 65.0 Å². The number of nitrogens with one attached hydrogen (secondary N) is 1. The zero-order valence-corrected chi connectivity index (χ0v) is 8.88. The second kappa shape index (κ2) is 4.59. The summed E-state index contributed by atoms with van der Waals surface area (Å²) >= 11 is -2.99. The van der Waals surface area contributed by atoms with E-state index in [0.717, 1.165) is 13.1 Å². The molecule has 0 unspecified atom stereocenters. The summed E-state index contributed by atoms with van der Waals surface area (Å²) in [7, 11) is 0. The molecular formula is C7H18N2O3S. The van der Waals surface area contributed by atoms with E-state index in [1.54, 1.807) is 18.2 Å². The average molecular weight is 210 g/mol. The summed E-state index contributed by atoms with van der Waals surface area (Å²) in [6.07, 6.45) is -0.167. The molecule has 0 aromatic carbocycles. The lowest BCUT2D eigenvalue weighted by Crippen LogP contribution is -2.45. The summed E-state index contributed by atoms with van der Waals surface area (Å²) in [5.41, 5.74) is 0. The van der Waals surface area contributed by atoms with Gasteiger partial charge < -0.3 is 5.32 Å². The van der Waals surface area contributed by atoms with Gasteiger partial charge in [-0.2, -0.15) is 0 Å². The minimum atomic E-state index is -2.99. The lowest BCUT2D eigenvalue weighted by molar-refractivity contribution is 0.161. The van der Waals surface area contributed by atoms with Gasteiger partial charge >= 0.3 is 0 Å². The molecule has 1 heterocycles. The van der Waals surface area contributed by atoms with Crippen LogP contribution in [-0.2, 0) is 4.18 Å². The highest BCUT2D eigenvalue weighted by molar-refractivity contribution is 8.18. The Morgan fingerprint density at radius 2 is 1.85 bits per heavy atom. The van der Waals surface area contributed by atoms with Crippen molar-refractivity contribution in [1.82, 2.24) is 9.62 Å². The summed E-state index contributed by atoms with van der Waals surface area (Å²) in [5, 5.41) is 3.13. The average Bonchev–Trinajstić information content (AvgIpc) is 2.04. The molecule has 0 radical (unpaired) electrons. The second-order valence-electron chi connectivity index (χ2n) is 3.29. The Balaban J connectivity index is 2.45. The van der Waals surface area contributed by atoms with Crippen molar-refractivity contribution in [2.75, 3.05) is 26.2 Å². The van der Waals surface area contributed by atoms with Crippen LogP contribution in [0.1, 0.15) is 13.8 Å². The standard InChI is InChI=1S/C7H18N2O3S/c1-7(2)12-13(10,11)9-5-3-8-4-6-9/h7-8,10-11H,3-6H2,1-2H3. The molecule has 1 fully saturated rings. The fraction of sp³-hybridized carbons (Fsp3) is 1.00. The van der Waals surface area contributed by atoms with Crippen molar-refractivity contribution < 1.29 is 13.3 Å². The van der Waals surface area contributed by atoms with Gasteiger partial charge in [0.2, 0.25) is 0 Å². The van der Waals surface area contributed by atoms with E-state index in [0.29, 0.717) is 13.1 Å². The van der Waals surface area contributed by atoms with Crippen LogP contribution in [0.5, 0.6) is 0 Å². The Bertz CT molecular complexity index is 160. The van der Waals surface area contributed by atoms with Crippen molar-refractivity contribution in [2.24, 2.45) is 0 Å². The summed E-state index contributed by atoms with van der Waals surface area (Å²) in [4.78, 5) is 0. The van der Waals surface area contributed by atoms with Crippen molar-refractivity contribution in [2.45, 2.75) is 20.0 Å². The molecule has 0 atom stereocenters. The zero-order valence-electron chi connectivity index (χ0n) is 8.06. The van der Waals surface area contributed by atoms with E-state index in [-0.39, 0.29) is 6.10 Å². The third kappa shape index (κ3) is 3.41. The normalized spacial score (nSPS) is 22.2. The van der Waals surface area contributed by atoms with Gasteiger partial charge in [-0.1, -0.05) is 0 Å². The highest BCUT2D eigenvalue weighted by Crippen LogP contribution is 2.45. The van der Waals surface area contributed by atoms with Crippen LogP contribution in [0.25, 0.3) is 0 Å². The molecule has 5 nitrogen and oxygen atoms in total. The first kappa shape index (κ1) is 11.2. The van der Waals surface area contributed by atoms with E-state index in [9.17, 15) is 9.11 Å². The smallest absolute Gasteiger partial charge is 0.158 e. The fourth-order valence-electron chi connectivity index (χ4n) is 1.20. The number of hydrogen-bond donors (Lipinski definition) is 3. The number of rotatable bonds is 3. The first-order chi connectivity index (χ1) is 6.02. The maximum Gasteiger partial charge on any atom is 0.158 e. The van der Waals surface area contributed by atoms with Crippen LogP contribution in [0.2, 0.25) is 0 Å². The summed E-state index contributed by atoms with van der Waals surface area (Å²) in [5.74, 6) is 0. The van der Waals surface area contributed by atoms with Gasteiger partial charge in [0.1, 0.15) is 0 Å². The van der Waals surface area contributed by atoms with Crippen LogP contribution in [0.15, 0.2) is 0 Å². The van der Waals surface area contributed by atoms with Crippen LogP contribution in [0.4, 0.5) is 0 Å². The fourth-order valence-corrected chi connectivity index (χ4v) is 2.50. The Hall–Kier alpha value is 0.150. The van der Waals surface area contributed by atoms with Crippen molar-refractivity contribution >= 4 is 11.1 Å². The van der Waals surface area contributed by atoms with Gasteiger partial charge in [-0.15, -0.1) is 0 Å². The molecule has 0 spiro atoms. The van der Waals surface area contributed by atoms with E-state index in [1.165, 1.54) is 0 Å². The summed E-state index contributed by atoms with van der Waals surface area (Å²) in [6, 6.07) is 0. The lowest BCUT2D eigenvalue weighted by atomic mass is 10.4. The third-order valence-electron chi connectivity index (χ3n) is 1.73. The number of piperazine rings is 1. The van der Waals surface area contributed by atoms with Gasteiger partial charge in [-0.3, -0.25) is 13.3 Å². The van der Waals surface area contributed by atoms with Crippen LogP contribution < -0.4 is 5.32 Å². The number of hydrogen-bond acceptors (Lipinski definition) is 5. The van der Waals surface area contributed by atoms with Gasteiger partial charge in [-0.25, -0.2) is 4.31 Å². The maximum absolute atomic E-state index is 9.62. The SMILES string of the molecule is CC(C)OS(O)(O)N1CCNCC1. The van der Waals surface area contributed by atoms with Gasteiger partial charge in [0.25, 0.3) is 0 Å². The molecule has 0 bridgehead atoms. The van der Waals surface area contributed by atoms with Crippen molar-refractivity contribution in [3.05, 3.63) is 0 Å². The van der Waals surface area contributed by atoms with Crippen LogP contribution in [0.3, 0.4) is 0 Å². The van der Waals surface area contributed by atoms with E-state index in [2.05, 4.69) is 5.32 Å². The Morgan fingerprint density at radius 1 is 1.31 bits per heavy atom. The molecule has 0 saturated carbocycles. The molecule has 80 valence electrons. The van der Waals surface area contributed by atoms with Crippen molar-refractivity contribution in [3.8, 4) is 0 Å². The Labute approximate surface area is 80.8 Å². The molecule has 3 N–H and O–H groups in total. The molecule has 0 aromatic rings. The summed E-state index contributed by atoms with van der Waals surface area (Å²) < 4.78 is 25.9. The van der Waals surface area contributed by atoms with Crippen LogP contribution >= 0.6 is 11.1 Å². The third-order valence-corrected chi connectivity index (χ3v) is 3.41. The zero-order chi connectivity index (χ0) is 9.90. The van der Waals surface area contributed by atoms with E-state index < -0.39 is 11.1 Å². The second-order valence-corrected chi connectivity index (χ2v) is 4.94. The quantitative estimate of drug-likeness (QED) is 0.646. The lowest BCUT2D eigenvalue weighted by Gasteiger charge is -2.40. The van der Waals surface area contributed by atoms with Crippen LogP contribution in [0, 0.1) is 0 Å². The predicted molar refractivity (Wildman–Crippen MR) is 53.5 cm³/mol. The number of nitrogens with zero attached hydrogens (tertiary/aromatic N) is 1. The van der Waals surface area contributed by atoms with Gasteiger partial charge in [0.15, 0.2) is 11.1 Å². The highest BCUT2D eigenvalue weighted by Gasteiger charge is 2.29. The molecule has 0 amide bonds. The molecule has 6 heteroatoms. The van der Waals surface area contributed by atoms with E-state index in [4.69, 9.17) is 4.18 Å². The molecule has 0 aromatic heterocycles. The molecule has 1 saturated heterocycles. The first-order valence-corrected chi connectivity index (χ1v) is 5.87. The Morgan fingerprint density at radius 3 is 2.31 bits per heavy atom. The molecule has 1 aliphatic rings. The highest BCUT2D eigenvalue weighted by atomic mass is 32.3. The molecule has 0 aliphatic carbocycles. The monoisotopic (exact) mass is 210 g/mol. The van der Waals surface area contributed by atoms with E-state index in [1.807, 2.05) is 0 Å². The van der Waals surface area contributed by atoms with E-state index >= 15 is 0 Å². The first-order valence-electron chi connectivity index (χ1n) is 4.44. The molecule has 1 rings (SSSR count). The summed E-state index contributed by atoms with van der Waals surface area (Å²) in [6.45, 7) is 6.37. The largest absolute Gasteiger partial charge is 0.314 e.